The molecular weight excluding hydrogens is 244 g/mol. The van der Waals surface area contributed by atoms with Gasteiger partial charge in [-0.3, -0.25) is 0 Å². The number of hydrogen-bond donors (Lipinski definition) is 3. The number of rotatable bonds is 6. The number of nitrogens with two attached hydrogens (primary N) is 1. The van der Waals surface area contributed by atoms with Gasteiger partial charge in [0.25, 0.3) is 0 Å². The Bertz CT molecular complexity index is 414. The van der Waals surface area contributed by atoms with Crippen LogP contribution in [0.4, 0.5) is 11.5 Å². The highest BCUT2D eigenvalue weighted by atomic mass is 16.5. The minimum atomic E-state index is 0.260. The second kappa shape index (κ2) is 6.56. The van der Waals surface area contributed by atoms with Gasteiger partial charge >= 0.3 is 0 Å². The number of anilines is 2. The van der Waals surface area contributed by atoms with E-state index in [-0.39, 0.29) is 6.61 Å². The third-order valence-corrected chi connectivity index (χ3v) is 3.71. The van der Waals surface area contributed by atoms with Crippen LogP contribution in [0.5, 0.6) is 5.88 Å². The number of nitrogen functional groups attached to an aromatic ring is 1. The molecule has 1 aromatic heterocycles. The van der Waals surface area contributed by atoms with E-state index in [2.05, 4.69) is 15.3 Å². The zero-order valence-electron chi connectivity index (χ0n) is 11.3. The van der Waals surface area contributed by atoms with E-state index in [1.807, 2.05) is 6.92 Å². The molecule has 2 rings (SSSR count). The normalized spacial score (nSPS) is 22.4. The Hall–Kier alpha value is -1.56. The van der Waals surface area contributed by atoms with E-state index in [0.29, 0.717) is 35.8 Å². The minimum Gasteiger partial charge on any atom is -0.476 e. The fourth-order valence-corrected chi connectivity index (χ4v) is 2.62. The fourth-order valence-electron chi connectivity index (χ4n) is 2.62. The molecule has 4 N–H and O–H groups in total. The lowest BCUT2D eigenvalue weighted by molar-refractivity contribution is 0.199. The van der Waals surface area contributed by atoms with Crippen LogP contribution in [0.15, 0.2) is 6.33 Å². The van der Waals surface area contributed by atoms with Gasteiger partial charge in [-0.2, -0.15) is 4.98 Å². The van der Waals surface area contributed by atoms with Crippen LogP contribution in [0, 0.1) is 11.8 Å². The maximum Gasteiger partial charge on any atom is 0.242 e. The average Bonchev–Trinajstić information content (AvgIpc) is 2.87. The zero-order valence-corrected chi connectivity index (χ0v) is 11.3. The van der Waals surface area contributed by atoms with Crippen molar-refractivity contribution in [3.63, 3.8) is 0 Å². The highest BCUT2D eigenvalue weighted by Crippen LogP contribution is 2.32. The number of nitrogens with one attached hydrogen (secondary N) is 1. The lowest BCUT2D eigenvalue weighted by Gasteiger charge is -2.19. The number of aliphatic hydroxyl groups is 1. The molecule has 1 fully saturated rings. The first-order chi connectivity index (χ1) is 9.26. The largest absolute Gasteiger partial charge is 0.476 e. The topological polar surface area (TPSA) is 93.3 Å². The summed E-state index contributed by atoms with van der Waals surface area (Å²) in [4.78, 5) is 8.14. The second-order valence-electron chi connectivity index (χ2n) is 4.89. The molecule has 0 saturated heterocycles. The van der Waals surface area contributed by atoms with Crippen LogP contribution in [0.2, 0.25) is 0 Å². The molecule has 2 atom stereocenters. The minimum absolute atomic E-state index is 0.260. The van der Waals surface area contributed by atoms with E-state index >= 15 is 0 Å². The predicted octanol–water partition coefficient (Wildman–Crippen LogP) is 1.28. The summed E-state index contributed by atoms with van der Waals surface area (Å²) in [6, 6.07) is 0. The molecule has 0 bridgehead atoms. The zero-order chi connectivity index (χ0) is 13.7. The SMILES string of the molecule is CCOc1ncnc(NCC2CCCC2CO)c1N. The Labute approximate surface area is 113 Å². The van der Waals surface area contributed by atoms with Crippen LogP contribution in [-0.4, -0.2) is 34.8 Å². The molecule has 6 nitrogen and oxygen atoms in total. The molecule has 6 heteroatoms. The molecule has 0 aromatic carbocycles. The molecule has 0 spiro atoms. The summed E-state index contributed by atoms with van der Waals surface area (Å²) in [5.41, 5.74) is 6.41. The molecule has 1 aliphatic carbocycles. The summed E-state index contributed by atoms with van der Waals surface area (Å²) in [5.74, 6) is 1.91. The van der Waals surface area contributed by atoms with Gasteiger partial charge in [-0.05, 0) is 31.6 Å². The molecule has 0 amide bonds. The molecule has 1 aromatic rings. The summed E-state index contributed by atoms with van der Waals surface area (Å²) in [5, 5.41) is 12.6. The average molecular weight is 266 g/mol. The monoisotopic (exact) mass is 266 g/mol. The molecule has 2 unspecified atom stereocenters. The van der Waals surface area contributed by atoms with E-state index in [9.17, 15) is 5.11 Å². The third-order valence-electron chi connectivity index (χ3n) is 3.71. The Kier molecular flexibility index (Phi) is 4.79. The van der Waals surface area contributed by atoms with Gasteiger partial charge < -0.3 is 20.9 Å². The molecule has 1 saturated carbocycles. The lowest BCUT2D eigenvalue weighted by Crippen LogP contribution is -2.21. The first-order valence-corrected chi connectivity index (χ1v) is 6.84. The Morgan fingerprint density at radius 2 is 2.21 bits per heavy atom. The molecular formula is C13H22N4O2. The summed E-state index contributed by atoms with van der Waals surface area (Å²) in [6.07, 6.45) is 4.87. The highest BCUT2D eigenvalue weighted by Gasteiger charge is 2.26. The van der Waals surface area contributed by atoms with E-state index in [1.54, 1.807) is 0 Å². The van der Waals surface area contributed by atoms with Crippen molar-refractivity contribution in [2.24, 2.45) is 11.8 Å². The number of hydrogen-bond acceptors (Lipinski definition) is 6. The number of nitrogens with zero attached hydrogens (tertiary/aromatic N) is 2. The van der Waals surface area contributed by atoms with Crippen LogP contribution in [0.3, 0.4) is 0 Å². The first-order valence-electron chi connectivity index (χ1n) is 6.84. The van der Waals surface area contributed by atoms with Crippen LogP contribution in [0.25, 0.3) is 0 Å². The van der Waals surface area contributed by atoms with Gasteiger partial charge in [-0.25, -0.2) is 4.98 Å². The van der Waals surface area contributed by atoms with Crippen molar-refractivity contribution in [2.45, 2.75) is 26.2 Å². The molecule has 1 heterocycles. The number of aliphatic hydroxyl groups excluding tert-OH is 1. The van der Waals surface area contributed by atoms with Crippen LogP contribution >= 0.6 is 0 Å². The third kappa shape index (κ3) is 3.26. The maximum atomic E-state index is 9.30. The van der Waals surface area contributed by atoms with Crippen molar-refractivity contribution in [1.29, 1.82) is 0 Å². The van der Waals surface area contributed by atoms with Crippen molar-refractivity contribution in [3.05, 3.63) is 6.33 Å². The van der Waals surface area contributed by atoms with Crippen molar-refractivity contribution in [1.82, 2.24) is 9.97 Å². The molecule has 19 heavy (non-hydrogen) atoms. The summed E-state index contributed by atoms with van der Waals surface area (Å²) >= 11 is 0. The van der Waals surface area contributed by atoms with E-state index in [0.717, 1.165) is 19.4 Å². The van der Waals surface area contributed by atoms with Crippen LogP contribution < -0.4 is 15.8 Å². The quantitative estimate of drug-likeness (QED) is 0.718. The Balaban J connectivity index is 1.97. The predicted molar refractivity (Wildman–Crippen MR) is 74.0 cm³/mol. The van der Waals surface area contributed by atoms with Crippen LogP contribution in [0.1, 0.15) is 26.2 Å². The van der Waals surface area contributed by atoms with E-state index in [4.69, 9.17) is 10.5 Å². The molecule has 106 valence electrons. The van der Waals surface area contributed by atoms with Gasteiger partial charge in [0, 0.05) is 13.2 Å². The molecule has 0 radical (unpaired) electrons. The first kappa shape index (κ1) is 13.9. The van der Waals surface area contributed by atoms with Gasteiger partial charge in [0.15, 0.2) is 5.82 Å². The van der Waals surface area contributed by atoms with Crippen molar-refractivity contribution >= 4 is 11.5 Å². The highest BCUT2D eigenvalue weighted by molar-refractivity contribution is 5.66. The smallest absolute Gasteiger partial charge is 0.242 e. The Morgan fingerprint density at radius 1 is 1.42 bits per heavy atom. The van der Waals surface area contributed by atoms with Crippen molar-refractivity contribution < 1.29 is 9.84 Å². The van der Waals surface area contributed by atoms with E-state index < -0.39 is 0 Å². The van der Waals surface area contributed by atoms with E-state index in [1.165, 1.54) is 12.7 Å². The van der Waals surface area contributed by atoms with Gasteiger partial charge in [0.05, 0.1) is 6.61 Å². The lowest BCUT2D eigenvalue weighted by atomic mass is 9.97. The summed E-state index contributed by atoms with van der Waals surface area (Å²) < 4.78 is 5.34. The molecule has 0 aliphatic heterocycles. The molecule has 1 aliphatic rings. The summed E-state index contributed by atoms with van der Waals surface area (Å²) in [6.45, 7) is 3.45. The summed E-state index contributed by atoms with van der Waals surface area (Å²) in [7, 11) is 0. The number of ether oxygens (including phenoxy) is 1. The van der Waals surface area contributed by atoms with Gasteiger partial charge in [0.2, 0.25) is 5.88 Å². The van der Waals surface area contributed by atoms with Crippen molar-refractivity contribution in [2.75, 3.05) is 30.8 Å². The standard InChI is InChI=1S/C13H22N4O2/c1-2-19-13-11(14)12(16-8-17-13)15-6-9-4-3-5-10(9)7-18/h8-10,18H,2-7,14H2,1H3,(H,15,16,17). The second-order valence-corrected chi connectivity index (χ2v) is 4.89. The fraction of sp³-hybridized carbons (Fsp3) is 0.692. The Morgan fingerprint density at radius 3 is 2.95 bits per heavy atom. The van der Waals surface area contributed by atoms with Gasteiger partial charge in [0.1, 0.15) is 12.0 Å². The van der Waals surface area contributed by atoms with Crippen LogP contribution in [-0.2, 0) is 0 Å². The maximum absolute atomic E-state index is 9.30. The van der Waals surface area contributed by atoms with Crippen molar-refractivity contribution in [3.8, 4) is 5.88 Å². The van der Waals surface area contributed by atoms with Gasteiger partial charge in [-0.1, -0.05) is 6.42 Å². The van der Waals surface area contributed by atoms with Gasteiger partial charge in [-0.15, -0.1) is 0 Å². The number of aromatic nitrogens is 2.